The summed E-state index contributed by atoms with van der Waals surface area (Å²) >= 11 is 0. The number of esters is 1. The maximum Gasteiger partial charge on any atom is 0.417 e. The number of rotatable bonds is 7. The number of nitrogens with zero attached hydrogens (tertiary/aromatic N) is 1. The summed E-state index contributed by atoms with van der Waals surface area (Å²) < 4.78 is 87.0. The molecule has 0 aliphatic carbocycles. The first kappa shape index (κ1) is 27.2. The van der Waals surface area contributed by atoms with E-state index in [1.54, 1.807) is 0 Å². The van der Waals surface area contributed by atoms with Crippen molar-refractivity contribution in [2.24, 2.45) is 0 Å². The van der Waals surface area contributed by atoms with Crippen molar-refractivity contribution < 1.29 is 40.8 Å². The second kappa shape index (κ2) is 11.1. The second-order valence-electron chi connectivity index (χ2n) is 7.52. The fourth-order valence-electron chi connectivity index (χ4n) is 3.39. The molecule has 5 nitrogen and oxygen atoms in total. The summed E-state index contributed by atoms with van der Waals surface area (Å²) in [5, 5.41) is 10.7. The van der Waals surface area contributed by atoms with E-state index in [4.69, 9.17) is 4.74 Å². The summed E-state index contributed by atoms with van der Waals surface area (Å²) in [5.74, 6) is -0.773. The Bertz CT molecular complexity index is 1280. The average molecular weight is 521 g/mol. The Hall–Kier alpha value is -4.41. The van der Waals surface area contributed by atoms with Crippen LogP contribution in [0.2, 0.25) is 0 Å². The van der Waals surface area contributed by atoms with Crippen molar-refractivity contribution >= 4 is 17.2 Å². The molecule has 0 N–H and O–H groups in total. The highest BCUT2D eigenvalue weighted by atomic mass is 19.4. The van der Waals surface area contributed by atoms with Crippen molar-refractivity contribution in [3.8, 4) is 5.75 Å². The van der Waals surface area contributed by atoms with E-state index in [2.05, 4.69) is 0 Å². The van der Waals surface area contributed by atoms with Gasteiger partial charge in [-0.2, -0.15) is 26.3 Å². The Kier molecular flexibility index (Phi) is 8.16. The van der Waals surface area contributed by atoms with Crippen molar-refractivity contribution in [3.05, 3.63) is 123 Å². The molecule has 0 aromatic heterocycles. The summed E-state index contributed by atoms with van der Waals surface area (Å²) in [4.78, 5) is 22.1. The summed E-state index contributed by atoms with van der Waals surface area (Å²) in [6.45, 7) is 0. The first-order valence-electron chi connectivity index (χ1n) is 10.5. The Morgan fingerprint density at radius 2 is 1.30 bits per heavy atom. The van der Waals surface area contributed by atoms with Crippen LogP contribution in [0, 0.1) is 10.1 Å². The Morgan fingerprint density at radius 3 is 1.76 bits per heavy atom. The molecule has 0 aliphatic heterocycles. The van der Waals surface area contributed by atoms with E-state index >= 15 is 0 Å². The van der Waals surface area contributed by atoms with E-state index in [1.807, 2.05) is 0 Å². The van der Waals surface area contributed by atoms with Gasteiger partial charge in [0.2, 0.25) is 0 Å². The SMILES string of the molecule is O=C(C/C=C/C=C(c1ccccc1C(F)(F)F)c1ccccc1C(F)(F)F)Oc1ccc([N+](=O)[O-])cc1. The summed E-state index contributed by atoms with van der Waals surface area (Å²) in [5.41, 5.74) is -3.74. The number of alkyl halides is 6. The molecule has 192 valence electrons. The van der Waals surface area contributed by atoms with Gasteiger partial charge in [0, 0.05) is 12.1 Å². The van der Waals surface area contributed by atoms with Crippen molar-refractivity contribution in [2.45, 2.75) is 18.8 Å². The number of ether oxygens (including phenoxy) is 1. The minimum atomic E-state index is -4.83. The normalized spacial score (nSPS) is 11.8. The lowest BCUT2D eigenvalue weighted by atomic mass is 9.90. The van der Waals surface area contributed by atoms with Crippen molar-refractivity contribution in [1.29, 1.82) is 0 Å². The van der Waals surface area contributed by atoms with E-state index in [-0.39, 0.29) is 23.4 Å². The van der Waals surface area contributed by atoms with Crippen LogP contribution < -0.4 is 4.74 Å². The quantitative estimate of drug-likeness (QED) is 0.0801. The predicted octanol–water partition coefficient (Wildman–Crippen LogP) is 7.62. The summed E-state index contributed by atoms with van der Waals surface area (Å²) in [6.07, 6.45) is -6.61. The summed E-state index contributed by atoms with van der Waals surface area (Å²) in [7, 11) is 0. The molecule has 0 atom stereocenters. The van der Waals surface area contributed by atoms with Crippen LogP contribution in [0.3, 0.4) is 0 Å². The minimum absolute atomic E-state index is 0.0263. The zero-order valence-electron chi connectivity index (χ0n) is 18.7. The van der Waals surface area contributed by atoms with E-state index < -0.39 is 45.5 Å². The van der Waals surface area contributed by atoms with Gasteiger partial charge >= 0.3 is 18.3 Å². The fraction of sp³-hybridized carbons (Fsp3) is 0.115. The number of nitro groups is 1. The molecule has 0 radical (unpaired) electrons. The molecule has 0 bridgehead atoms. The van der Waals surface area contributed by atoms with Gasteiger partial charge in [-0.1, -0.05) is 54.6 Å². The number of non-ortho nitro benzene ring substituents is 1. The molecule has 0 amide bonds. The molecular formula is C26H17F6NO4. The third-order valence-corrected chi connectivity index (χ3v) is 5.01. The van der Waals surface area contributed by atoms with Gasteiger partial charge in [0.05, 0.1) is 22.5 Å². The van der Waals surface area contributed by atoms with Crippen LogP contribution in [0.25, 0.3) is 5.57 Å². The molecule has 3 aromatic carbocycles. The van der Waals surface area contributed by atoms with Crippen LogP contribution in [0.1, 0.15) is 28.7 Å². The zero-order chi connectivity index (χ0) is 27.2. The lowest BCUT2D eigenvalue weighted by Crippen LogP contribution is -2.12. The molecule has 0 fully saturated rings. The van der Waals surface area contributed by atoms with E-state index in [0.29, 0.717) is 0 Å². The first-order valence-corrected chi connectivity index (χ1v) is 10.5. The average Bonchev–Trinajstić information content (AvgIpc) is 2.83. The number of carbonyl (C=O) groups is 1. The third-order valence-electron chi connectivity index (χ3n) is 5.01. The van der Waals surface area contributed by atoms with Gasteiger partial charge in [0.15, 0.2) is 0 Å². The van der Waals surface area contributed by atoms with Crippen LogP contribution in [0.15, 0.2) is 91.0 Å². The fourth-order valence-corrected chi connectivity index (χ4v) is 3.39. The van der Waals surface area contributed by atoms with Gasteiger partial charge in [-0.3, -0.25) is 14.9 Å². The maximum absolute atomic E-state index is 13.7. The van der Waals surface area contributed by atoms with Gasteiger partial charge in [-0.25, -0.2) is 0 Å². The van der Waals surface area contributed by atoms with Crippen LogP contribution in [0.4, 0.5) is 32.0 Å². The second-order valence-corrected chi connectivity index (χ2v) is 7.52. The van der Waals surface area contributed by atoms with E-state index in [9.17, 15) is 41.3 Å². The van der Waals surface area contributed by atoms with Crippen molar-refractivity contribution in [2.75, 3.05) is 0 Å². The van der Waals surface area contributed by atoms with Gasteiger partial charge in [0.25, 0.3) is 5.69 Å². The van der Waals surface area contributed by atoms with Gasteiger partial charge in [0.1, 0.15) is 5.75 Å². The van der Waals surface area contributed by atoms with Crippen LogP contribution >= 0.6 is 0 Å². The number of carbonyl (C=O) groups excluding carboxylic acids is 1. The summed E-state index contributed by atoms with van der Waals surface area (Å²) in [6, 6.07) is 13.2. The van der Waals surface area contributed by atoms with Crippen molar-refractivity contribution in [3.63, 3.8) is 0 Å². The molecule has 3 rings (SSSR count). The highest BCUT2D eigenvalue weighted by Crippen LogP contribution is 2.41. The molecule has 0 aliphatic rings. The number of halogens is 6. The largest absolute Gasteiger partial charge is 0.426 e. The lowest BCUT2D eigenvalue weighted by molar-refractivity contribution is -0.384. The predicted molar refractivity (Wildman–Crippen MR) is 122 cm³/mol. The van der Waals surface area contributed by atoms with Crippen molar-refractivity contribution in [1.82, 2.24) is 0 Å². The van der Waals surface area contributed by atoms with Gasteiger partial charge in [-0.15, -0.1) is 0 Å². The smallest absolute Gasteiger partial charge is 0.417 e. The number of benzene rings is 3. The van der Waals surface area contributed by atoms with Gasteiger partial charge in [-0.05, 0) is 41.0 Å². The molecule has 11 heteroatoms. The zero-order valence-corrected chi connectivity index (χ0v) is 18.7. The highest BCUT2D eigenvalue weighted by molar-refractivity contribution is 5.84. The van der Waals surface area contributed by atoms with E-state index in [1.165, 1.54) is 30.3 Å². The standard InChI is InChI=1S/C26H17F6NO4/c27-25(28,29)22-10-4-1-8-20(22)19(21-9-2-5-11-23(21)26(30,31)32)7-3-6-12-24(34)37-18-15-13-17(14-16-18)33(35)36/h1-11,13-16H,12H2/b6-3+. The van der Waals surface area contributed by atoms with Crippen LogP contribution in [0.5, 0.6) is 5.75 Å². The topological polar surface area (TPSA) is 69.4 Å². The minimum Gasteiger partial charge on any atom is -0.426 e. The first-order chi connectivity index (χ1) is 17.4. The molecule has 0 saturated heterocycles. The highest BCUT2D eigenvalue weighted by Gasteiger charge is 2.37. The molecule has 0 unspecified atom stereocenters. The number of hydrogen-bond acceptors (Lipinski definition) is 4. The lowest BCUT2D eigenvalue weighted by Gasteiger charge is -2.19. The Labute approximate surface area is 206 Å². The van der Waals surface area contributed by atoms with Crippen LogP contribution in [-0.4, -0.2) is 10.9 Å². The molecule has 3 aromatic rings. The third kappa shape index (κ3) is 7.06. The molecule has 0 saturated carbocycles. The number of hydrogen-bond donors (Lipinski definition) is 0. The van der Waals surface area contributed by atoms with Gasteiger partial charge < -0.3 is 4.74 Å². The Balaban J connectivity index is 1.93. The monoisotopic (exact) mass is 521 g/mol. The number of allylic oxidation sites excluding steroid dienone is 2. The molecule has 0 heterocycles. The molecule has 37 heavy (non-hydrogen) atoms. The molecular weight excluding hydrogens is 504 g/mol. The maximum atomic E-state index is 13.7. The molecule has 0 spiro atoms. The Morgan fingerprint density at radius 1 is 0.811 bits per heavy atom. The van der Waals surface area contributed by atoms with E-state index in [0.717, 1.165) is 60.7 Å². The van der Waals surface area contributed by atoms with Crippen LogP contribution in [-0.2, 0) is 17.1 Å². The number of nitro benzene ring substituents is 1.